The van der Waals surface area contributed by atoms with Crippen LogP contribution in [0.25, 0.3) is 0 Å². The van der Waals surface area contributed by atoms with Crippen molar-refractivity contribution < 1.29 is 32.2 Å². The van der Waals surface area contributed by atoms with Crippen LogP contribution in [0.5, 0.6) is 11.5 Å². The summed E-state index contributed by atoms with van der Waals surface area (Å²) in [4.78, 5) is 27.3. The molecule has 3 aliphatic rings. The van der Waals surface area contributed by atoms with Gasteiger partial charge >= 0.3 is 0 Å². The van der Waals surface area contributed by atoms with Crippen molar-refractivity contribution in [1.29, 1.82) is 0 Å². The topological polar surface area (TPSA) is 114 Å². The molecule has 1 N–H and O–H groups in total. The summed E-state index contributed by atoms with van der Waals surface area (Å²) in [5.41, 5.74) is 1.60. The summed E-state index contributed by atoms with van der Waals surface area (Å²) in [6, 6.07) is 10.0. The van der Waals surface area contributed by atoms with E-state index in [9.17, 15) is 18.0 Å². The number of nitrogens with zero attached hydrogens (tertiary/aromatic N) is 2. The fourth-order valence-electron chi connectivity index (χ4n) is 4.31. The molecule has 10 nitrogen and oxygen atoms in total. The smallest absolute Gasteiger partial charge is 0.243 e. The number of nitrogens with one attached hydrogen (secondary N) is 1. The highest BCUT2D eigenvalue weighted by atomic mass is 32.2. The van der Waals surface area contributed by atoms with Gasteiger partial charge in [0.25, 0.3) is 0 Å². The quantitative estimate of drug-likeness (QED) is 0.683. The predicted molar refractivity (Wildman–Crippen MR) is 122 cm³/mol. The van der Waals surface area contributed by atoms with Gasteiger partial charge in [0.1, 0.15) is 0 Å². The van der Waals surface area contributed by atoms with E-state index in [4.69, 9.17) is 14.2 Å². The van der Waals surface area contributed by atoms with E-state index in [0.717, 1.165) is 0 Å². The first kappa shape index (κ1) is 22.6. The Morgan fingerprint density at radius 3 is 2.62 bits per heavy atom. The molecule has 0 saturated carbocycles. The number of carbonyl (C=O) groups excluding carboxylic acids is 2. The second kappa shape index (κ2) is 8.90. The highest BCUT2D eigenvalue weighted by molar-refractivity contribution is 7.89. The van der Waals surface area contributed by atoms with Gasteiger partial charge in [-0.2, -0.15) is 4.31 Å². The SMILES string of the molecule is Cc1ccc(NC(=O)C2CC(=O)N(c3ccc4c(c3)OCO4)C2)cc1S(=O)(=O)N1CCOCC1. The van der Waals surface area contributed by atoms with Crippen molar-refractivity contribution in [1.82, 2.24) is 4.31 Å². The van der Waals surface area contributed by atoms with Crippen molar-refractivity contribution in [3.63, 3.8) is 0 Å². The number of rotatable bonds is 5. The van der Waals surface area contributed by atoms with Gasteiger partial charge in [-0.15, -0.1) is 0 Å². The number of hydrogen-bond donors (Lipinski definition) is 1. The molecule has 2 saturated heterocycles. The summed E-state index contributed by atoms with van der Waals surface area (Å²) in [6.45, 7) is 3.36. The van der Waals surface area contributed by atoms with Crippen LogP contribution in [0.4, 0.5) is 11.4 Å². The van der Waals surface area contributed by atoms with Crippen molar-refractivity contribution in [2.24, 2.45) is 5.92 Å². The maximum absolute atomic E-state index is 13.1. The predicted octanol–water partition coefficient (Wildman–Crippen LogP) is 1.74. The van der Waals surface area contributed by atoms with E-state index in [-0.39, 0.29) is 49.6 Å². The van der Waals surface area contributed by atoms with E-state index in [1.165, 1.54) is 10.4 Å². The normalized spacial score (nSPS) is 20.6. The number of fused-ring (bicyclic) bond motifs is 1. The number of amides is 2. The van der Waals surface area contributed by atoms with Gasteiger partial charge in [0.05, 0.1) is 24.0 Å². The van der Waals surface area contributed by atoms with E-state index >= 15 is 0 Å². The van der Waals surface area contributed by atoms with Gasteiger partial charge in [0.2, 0.25) is 28.6 Å². The Morgan fingerprint density at radius 1 is 1.06 bits per heavy atom. The molecule has 2 amide bonds. The third-order valence-electron chi connectivity index (χ3n) is 6.21. The summed E-state index contributed by atoms with van der Waals surface area (Å²) in [5, 5.41) is 2.79. The van der Waals surface area contributed by atoms with Crippen LogP contribution in [0.3, 0.4) is 0 Å². The number of morpholine rings is 1. The summed E-state index contributed by atoms with van der Waals surface area (Å²) < 4.78 is 43.6. The molecule has 0 bridgehead atoms. The first-order valence-electron chi connectivity index (χ1n) is 11.0. The van der Waals surface area contributed by atoms with E-state index in [1.807, 2.05) is 0 Å². The van der Waals surface area contributed by atoms with Crippen LogP contribution in [-0.4, -0.2) is 64.2 Å². The van der Waals surface area contributed by atoms with Crippen LogP contribution in [0.15, 0.2) is 41.3 Å². The number of sulfonamides is 1. The molecule has 3 heterocycles. The molecule has 34 heavy (non-hydrogen) atoms. The Kier molecular flexibility index (Phi) is 5.92. The van der Waals surface area contributed by atoms with E-state index in [2.05, 4.69) is 5.32 Å². The highest BCUT2D eigenvalue weighted by Gasteiger charge is 2.36. The Bertz CT molecular complexity index is 1240. The van der Waals surface area contributed by atoms with Gasteiger partial charge in [-0.1, -0.05) is 6.07 Å². The minimum Gasteiger partial charge on any atom is -0.454 e. The van der Waals surface area contributed by atoms with E-state index in [0.29, 0.717) is 41.7 Å². The van der Waals surface area contributed by atoms with Crippen molar-refractivity contribution in [3.05, 3.63) is 42.0 Å². The minimum atomic E-state index is -3.71. The zero-order chi connectivity index (χ0) is 23.9. The second-order valence-corrected chi connectivity index (χ2v) is 10.3. The summed E-state index contributed by atoms with van der Waals surface area (Å²) in [6.07, 6.45) is 0.0606. The molecular formula is C23H25N3O7S. The number of hydrogen-bond acceptors (Lipinski definition) is 7. The molecule has 11 heteroatoms. The highest BCUT2D eigenvalue weighted by Crippen LogP contribution is 2.37. The molecule has 0 radical (unpaired) electrons. The van der Waals surface area contributed by atoms with Gasteiger partial charge in [-0.3, -0.25) is 9.59 Å². The lowest BCUT2D eigenvalue weighted by Gasteiger charge is -2.27. The largest absolute Gasteiger partial charge is 0.454 e. The maximum atomic E-state index is 13.1. The van der Waals surface area contributed by atoms with Gasteiger partial charge in [-0.05, 0) is 36.8 Å². The molecule has 2 fully saturated rings. The van der Waals surface area contributed by atoms with Gasteiger partial charge < -0.3 is 24.4 Å². The Morgan fingerprint density at radius 2 is 1.82 bits per heavy atom. The lowest BCUT2D eigenvalue weighted by atomic mass is 10.1. The minimum absolute atomic E-state index is 0.0606. The number of carbonyl (C=O) groups is 2. The second-order valence-electron chi connectivity index (χ2n) is 8.43. The zero-order valence-electron chi connectivity index (χ0n) is 18.7. The lowest BCUT2D eigenvalue weighted by Crippen LogP contribution is -2.40. The molecule has 0 aromatic heterocycles. The number of ether oxygens (including phenoxy) is 3. The van der Waals surface area contributed by atoms with Crippen LogP contribution in [0.2, 0.25) is 0 Å². The molecule has 1 atom stereocenters. The van der Waals surface area contributed by atoms with E-state index in [1.54, 1.807) is 42.2 Å². The molecule has 180 valence electrons. The molecule has 0 spiro atoms. The molecule has 2 aromatic rings. The summed E-state index contributed by atoms with van der Waals surface area (Å²) >= 11 is 0. The molecular weight excluding hydrogens is 462 g/mol. The third kappa shape index (κ3) is 4.22. The maximum Gasteiger partial charge on any atom is 0.243 e. The Hall–Kier alpha value is -3.15. The third-order valence-corrected chi connectivity index (χ3v) is 8.25. The number of anilines is 2. The summed E-state index contributed by atoms with van der Waals surface area (Å²) in [5.74, 6) is 0.103. The average Bonchev–Trinajstić information content (AvgIpc) is 3.46. The standard InChI is InChI=1S/C23H25N3O7S/c1-15-2-3-17(11-21(15)34(29,30)25-6-8-31-9-7-25)24-23(28)16-10-22(27)26(13-16)18-4-5-19-20(12-18)33-14-32-19/h2-5,11-12,16H,6-10,13-14H2,1H3,(H,24,28). The number of aryl methyl sites for hydroxylation is 1. The Labute approximate surface area is 197 Å². The van der Waals surface area contributed by atoms with Gasteiger partial charge in [-0.25, -0.2) is 8.42 Å². The molecule has 1 unspecified atom stereocenters. The lowest BCUT2D eigenvalue weighted by molar-refractivity contribution is -0.122. The van der Waals surface area contributed by atoms with Crippen LogP contribution in [0.1, 0.15) is 12.0 Å². The van der Waals surface area contributed by atoms with Crippen LogP contribution in [0, 0.1) is 12.8 Å². The molecule has 3 aliphatic heterocycles. The van der Waals surface area contributed by atoms with Gasteiger partial charge in [0.15, 0.2) is 11.5 Å². The molecule has 0 aliphatic carbocycles. The zero-order valence-corrected chi connectivity index (χ0v) is 19.5. The van der Waals surface area contributed by atoms with Crippen LogP contribution < -0.4 is 19.7 Å². The van der Waals surface area contributed by atoms with Crippen molar-refractivity contribution in [2.45, 2.75) is 18.2 Å². The molecule has 5 rings (SSSR count). The van der Waals surface area contributed by atoms with Crippen LogP contribution in [-0.2, 0) is 24.3 Å². The summed E-state index contributed by atoms with van der Waals surface area (Å²) in [7, 11) is -3.71. The van der Waals surface area contributed by atoms with E-state index < -0.39 is 15.9 Å². The van der Waals surface area contributed by atoms with Crippen LogP contribution >= 0.6 is 0 Å². The molecule has 2 aromatic carbocycles. The monoisotopic (exact) mass is 487 g/mol. The first-order valence-corrected chi connectivity index (χ1v) is 12.5. The van der Waals surface area contributed by atoms with Crippen molar-refractivity contribution in [2.75, 3.05) is 49.9 Å². The fraction of sp³-hybridized carbons (Fsp3) is 0.391. The average molecular weight is 488 g/mol. The fourth-order valence-corrected chi connectivity index (χ4v) is 5.97. The van der Waals surface area contributed by atoms with Gasteiger partial charge in [0, 0.05) is 43.5 Å². The first-order chi connectivity index (χ1) is 16.3. The van der Waals surface area contributed by atoms with Crippen molar-refractivity contribution in [3.8, 4) is 11.5 Å². The van der Waals surface area contributed by atoms with Crippen molar-refractivity contribution >= 4 is 33.2 Å². The number of benzene rings is 2. The Balaban J connectivity index is 1.30.